The van der Waals surface area contributed by atoms with E-state index in [4.69, 9.17) is 4.74 Å². The van der Waals surface area contributed by atoms with Gasteiger partial charge in [0.15, 0.2) is 0 Å². The summed E-state index contributed by atoms with van der Waals surface area (Å²) in [7, 11) is -1.62. The molecular weight excluding hydrogens is 552 g/mol. The number of amides is 1. The zero-order valence-electron chi connectivity index (χ0n) is 25.2. The Bertz CT molecular complexity index is 1340. The van der Waals surface area contributed by atoms with E-state index < -0.39 is 27.8 Å². The number of sulfone groups is 1. The van der Waals surface area contributed by atoms with Gasteiger partial charge in [0.25, 0.3) is 5.91 Å². The number of rotatable bonds is 13. The van der Waals surface area contributed by atoms with Gasteiger partial charge in [0, 0.05) is 37.6 Å². The standard InChI is InChI=1S/C33H46N2O6S/c1-23-9-7-8-12-28(23)30-20-25(13-16-29(30)32(36)34-31(33(37)38)17-18-42(3,39)40)21-35-26(14-15-27(35)22-41-2)19-24-10-5-4-6-11-24/h7-9,12-13,16,20,24,26-27,31H,4-6,10-11,14-15,17-19,21-22H2,1-3H3,(H,34,36)(H,37,38)/t26?,27-,31?/m1/s1. The third kappa shape index (κ3) is 8.64. The predicted octanol–water partition coefficient (Wildman–Crippen LogP) is 5.23. The molecule has 230 valence electrons. The number of likely N-dealkylation sites (tertiary alicyclic amines) is 1. The Balaban J connectivity index is 1.62. The third-order valence-electron chi connectivity index (χ3n) is 8.97. The molecular formula is C33H46N2O6S. The summed E-state index contributed by atoms with van der Waals surface area (Å²) in [5, 5.41) is 12.3. The van der Waals surface area contributed by atoms with Gasteiger partial charge < -0.3 is 15.2 Å². The fraction of sp³-hybridized carbons (Fsp3) is 0.576. The Kier molecular flexibility index (Phi) is 11.2. The van der Waals surface area contributed by atoms with Crippen molar-refractivity contribution in [3.8, 4) is 11.1 Å². The van der Waals surface area contributed by atoms with Crippen molar-refractivity contribution in [3.63, 3.8) is 0 Å². The van der Waals surface area contributed by atoms with E-state index in [1.165, 1.54) is 44.9 Å². The number of carbonyl (C=O) groups is 2. The van der Waals surface area contributed by atoms with Gasteiger partial charge in [0.1, 0.15) is 15.9 Å². The number of methoxy groups -OCH3 is 1. The predicted molar refractivity (Wildman–Crippen MR) is 165 cm³/mol. The number of carboxylic acid groups (broad SMARTS) is 1. The first kappa shape index (κ1) is 32.2. The van der Waals surface area contributed by atoms with E-state index >= 15 is 0 Å². The van der Waals surface area contributed by atoms with Gasteiger partial charge in [-0.05, 0) is 72.9 Å². The molecule has 2 aromatic carbocycles. The van der Waals surface area contributed by atoms with Crippen molar-refractivity contribution >= 4 is 21.7 Å². The lowest BCUT2D eigenvalue weighted by molar-refractivity contribution is -0.139. The summed E-state index contributed by atoms with van der Waals surface area (Å²) in [6.45, 7) is 3.43. The number of carbonyl (C=O) groups excluding carboxylic acids is 1. The van der Waals surface area contributed by atoms with E-state index in [9.17, 15) is 23.1 Å². The number of aryl methyl sites for hydroxylation is 1. The molecule has 0 radical (unpaired) electrons. The summed E-state index contributed by atoms with van der Waals surface area (Å²) in [5.41, 5.74) is 4.10. The van der Waals surface area contributed by atoms with Crippen LogP contribution in [-0.2, 0) is 25.9 Å². The summed E-state index contributed by atoms with van der Waals surface area (Å²) in [6.07, 6.45) is 11.0. The first-order chi connectivity index (χ1) is 20.1. The molecule has 1 aliphatic heterocycles. The first-order valence-electron chi connectivity index (χ1n) is 15.2. The van der Waals surface area contributed by atoms with Gasteiger partial charge >= 0.3 is 5.97 Å². The molecule has 8 nitrogen and oxygen atoms in total. The molecule has 2 unspecified atom stereocenters. The maximum Gasteiger partial charge on any atom is 0.326 e. The van der Waals surface area contributed by atoms with Crippen molar-refractivity contribution in [3.05, 3.63) is 59.2 Å². The molecule has 2 fully saturated rings. The fourth-order valence-electron chi connectivity index (χ4n) is 6.73. The first-order valence-corrected chi connectivity index (χ1v) is 17.3. The minimum absolute atomic E-state index is 0.198. The molecule has 2 N–H and O–H groups in total. The fourth-order valence-corrected chi connectivity index (χ4v) is 7.39. The average molecular weight is 599 g/mol. The second-order valence-corrected chi connectivity index (χ2v) is 14.5. The zero-order valence-corrected chi connectivity index (χ0v) is 26.0. The van der Waals surface area contributed by atoms with Crippen LogP contribution in [0.15, 0.2) is 42.5 Å². The molecule has 0 spiro atoms. The van der Waals surface area contributed by atoms with E-state index in [1.54, 1.807) is 13.2 Å². The SMILES string of the molecule is COC[C@H]1CCC(CC2CCCCC2)N1Cc1ccc(C(=O)NC(CCS(C)(=O)=O)C(=O)O)c(-c2ccccc2C)c1. The van der Waals surface area contributed by atoms with Crippen molar-refractivity contribution in [2.24, 2.45) is 5.92 Å². The molecule has 9 heteroatoms. The van der Waals surface area contributed by atoms with Gasteiger partial charge in [0.2, 0.25) is 0 Å². The molecule has 1 amide bonds. The van der Waals surface area contributed by atoms with E-state index in [0.29, 0.717) is 24.3 Å². The molecule has 0 aromatic heterocycles. The summed E-state index contributed by atoms with van der Waals surface area (Å²) in [5.74, 6) is -1.34. The average Bonchev–Trinajstić information content (AvgIpc) is 3.31. The van der Waals surface area contributed by atoms with Crippen LogP contribution >= 0.6 is 0 Å². The minimum atomic E-state index is -3.38. The lowest BCUT2D eigenvalue weighted by Gasteiger charge is -2.33. The number of aliphatic carboxylic acids is 1. The van der Waals surface area contributed by atoms with E-state index in [-0.39, 0.29) is 12.2 Å². The summed E-state index contributed by atoms with van der Waals surface area (Å²) in [4.78, 5) is 28.0. The Morgan fingerprint density at radius 3 is 2.40 bits per heavy atom. The second-order valence-electron chi connectivity index (χ2n) is 12.2. The normalized spacial score (nSPS) is 20.8. The lowest BCUT2D eigenvalue weighted by atomic mass is 9.84. The van der Waals surface area contributed by atoms with Crippen LogP contribution in [0, 0.1) is 12.8 Å². The molecule has 0 bridgehead atoms. The number of carboxylic acids is 1. The van der Waals surface area contributed by atoms with Gasteiger partial charge in [-0.1, -0.05) is 62.4 Å². The topological polar surface area (TPSA) is 113 Å². The summed E-state index contributed by atoms with van der Waals surface area (Å²) in [6, 6.07) is 13.2. The van der Waals surface area contributed by atoms with Crippen LogP contribution in [-0.4, -0.2) is 74.2 Å². The van der Waals surface area contributed by atoms with Crippen molar-refractivity contribution in [2.75, 3.05) is 25.7 Å². The van der Waals surface area contributed by atoms with Crippen LogP contribution < -0.4 is 5.32 Å². The maximum absolute atomic E-state index is 13.5. The van der Waals surface area contributed by atoms with E-state index in [0.717, 1.165) is 47.4 Å². The van der Waals surface area contributed by atoms with Crippen molar-refractivity contribution in [2.45, 2.75) is 89.4 Å². The van der Waals surface area contributed by atoms with Crippen LogP contribution in [0.2, 0.25) is 0 Å². The van der Waals surface area contributed by atoms with Crippen LogP contribution in [0.3, 0.4) is 0 Å². The monoisotopic (exact) mass is 598 g/mol. The summed E-state index contributed by atoms with van der Waals surface area (Å²) < 4.78 is 28.9. The van der Waals surface area contributed by atoms with E-state index in [1.807, 2.05) is 37.3 Å². The molecule has 1 aliphatic carbocycles. The van der Waals surface area contributed by atoms with Crippen LogP contribution in [0.25, 0.3) is 11.1 Å². The number of ether oxygens (including phenoxy) is 1. The Hall–Kier alpha value is -2.75. The Labute approximate surface area is 250 Å². The zero-order chi connectivity index (χ0) is 30.3. The number of hydrogen-bond donors (Lipinski definition) is 2. The number of benzene rings is 2. The van der Waals surface area contributed by atoms with Crippen LogP contribution in [0.4, 0.5) is 0 Å². The molecule has 42 heavy (non-hydrogen) atoms. The minimum Gasteiger partial charge on any atom is -0.480 e. The van der Waals surface area contributed by atoms with E-state index in [2.05, 4.69) is 16.3 Å². The molecule has 2 aliphatic rings. The quantitative estimate of drug-likeness (QED) is 0.325. The largest absolute Gasteiger partial charge is 0.480 e. The highest BCUT2D eigenvalue weighted by Gasteiger charge is 2.35. The third-order valence-corrected chi connectivity index (χ3v) is 9.95. The van der Waals surface area contributed by atoms with Crippen molar-refractivity contribution < 1.29 is 27.9 Å². The number of hydrogen-bond acceptors (Lipinski definition) is 6. The van der Waals surface area contributed by atoms with Crippen molar-refractivity contribution in [1.82, 2.24) is 10.2 Å². The van der Waals surface area contributed by atoms with Gasteiger partial charge in [-0.15, -0.1) is 0 Å². The highest BCUT2D eigenvalue weighted by atomic mass is 32.2. The second kappa shape index (κ2) is 14.6. The lowest BCUT2D eigenvalue weighted by Crippen LogP contribution is -2.42. The molecule has 4 rings (SSSR count). The Morgan fingerprint density at radius 2 is 1.74 bits per heavy atom. The van der Waals surface area contributed by atoms with Gasteiger partial charge in [0.05, 0.1) is 12.4 Å². The number of nitrogens with zero attached hydrogens (tertiary/aromatic N) is 1. The maximum atomic E-state index is 13.5. The Morgan fingerprint density at radius 1 is 1.02 bits per heavy atom. The van der Waals surface area contributed by atoms with Crippen molar-refractivity contribution in [1.29, 1.82) is 0 Å². The van der Waals surface area contributed by atoms with Gasteiger partial charge in [-0.2, -0.15) is 0 Å². The molecule has 1 heterocycles. The number of nitrogens with one attached hydrogen (secondary N) is 1. The van der Waals surface area contributed by atoms with Crippen LogP contribution in [0.5, 0.6) is 0 Å². The molecule has 1 saturated heterocycles. The molecule has 1 saturated carbocycles. The molecule has 3 atom stereocenters. The van der Waals surface area contributed by atoms with Gasteiger partial charge in [-0.3, -0.25) is 9.69 Å². The highest BCUT2D eigenvalue weighted by molar-refractivity contribution is 7.90. The summed E-state index contributed by atoms with van der Waals surface area (Å²) >= 11 is 0. The smallest absolute Gasteiger partial charge is 0.326 e. The van der Waals surface area contributed by atoms with Crippen LogP contribution in [0.1, 0.15) is 79.3 Å². The molecule has 2 aromatic rings. The highest BCUT2D eigenvalue weighted by Crippen LogP contribution is 2.36. The van der Waals surface area contributed by atoms with Gasteiger partial charge in [-0.25, -0.2) is 13.2 Å².